The summed E-state index contributed by atoms with van der Waals surface area (Å²) in [7, 11) is 0. The first kappa shape index (κ1) is 12.6. The smallest absolute Gasteiger partial charge is 0.168 e. The first-order valence-corrected chi connectivity index (χ1v) is 6.71. The zero-order valence-electron chi connectivity index (χ0n) is 12.0. The van der Waals surface area contributed by atoms with Gasteiger partial charge in [0.25, 0.3) is 0 Å². The second-order valence-corrected chi connectivity index (χ2v) is 5.12. The van der Waals surface area contributed by atoms with Gasteiger partial charge < -0.3 is 0 Å². The van der Waals surface area contributed by atoms with Crippen molar-refractivity contribution in [2.75, 3.05) is 0 Å². The van der Waals surface area contributed by atoms with Gasteiger partial charge in [0.05, 0.1) is 0 Å². The van der Waals surface area contributed by atoms with Gasteiger partial charge in [-0.05, 0) is 45.0 Å². The van der Waals surface area contributed by atoms with E-state index in [9.17, 15) is 0 Å². The van der Waals surface area contributed by atoms with Crippen LogP contribution < -0.4 is 0 Å². The highest BCUT2D eigenvalue weighted by molar-refractivity contribution is 5.60. The highest BCUT2D eigenvalue weighted by Gasteiger charge is 2.13. The van der Waals surface area contributed by atoms with Crippen molar-refractivity contribution in [1.29, 1.82) is 0 Å². The molecule has 0 unspecified atom stereocenters. The lowest BCUT2D eigenvalue weighted by Gasteiger charge is -2.09. The number of rotatable bonds is 2. The van der Waals surface area contributed by atoms with Gasteiger partial charge in [-0.25, -0.2) is 0 Å². The molecule has 1 heterocycles. The number of aromatic nitrogens is 3. The first-order valence-electron chi connectivity index (χ1n) is 6.71. The molecule has 0 aliphatic carbocycles. The van der Waals surface area contributed by atoms with E-state index in [1.807, 2.05) is 25.1 Å². The van der Waals surface area contributed by atoms with Crippen LogP contribution in [0.15, 0.2) is 48.5 Å². The topological polar surface area (TPSA) is 30.7 Å². The lowest BCUT2D eigenvalue weighted by Crippen LogP contribution is -2.00. The quantitative estimate of drug-likeness (QED) is 0.703. The zero-order chi connectivity index (χ0) is 14.1. The van der Waals surface area contributed by atoms with Crippen molar-refractivity contribution in [1.82, 2.24) is 14.8 Å². The molecule has 2 aromatic carbocycles. The molecule has 0 fully saturated rings. The van der Waals surface area contributed by atoms with Crippen LogP contribution in [0.25, 0.3) is 17.1 Å². The molecule has 20 heavy (non-hydrogen) atoms. The molecular weight excluding hydrogens is 246 g/mol. The van der Waals surface area contributed by atoms with E-state index in [2.05, 4.69) is 58.9 Å². The predicted octanol–water partition coefficient (Wildman–Crippen LogP) is 3.86. The molecular formula is C17H17N3. The fourth-order valence-electron chi connectivity index (χ4n) is 2.54. The van der Waals surface area contributed by atoms with E-state index in [1.165, 1.54) is 11.1 Å². The average Bonchev–Trinajstić information content (AvgIpc) is 2.80. The maximum Gasteiger partial charge on any atom is 0.168 e. The Morgan fingerprint density at radius 1 is 0.800 bits per heavy atom. The zero-order valence-corrected chi connectivity index (χ0v) is 12.0. The molecule has 3 nitrogen and oxygen atoms in total. The fourth-order valence-corrected chi connectivity index (χ4v) is 2.54. The molecule has 3 aromatic rings. The van der Waals surface area contributed by atoms with Crippen LogP contribution in [0.5, 0.6) is 0 Å². The summed E-state index contributed by atoms with van der Waals surface area (Å²) in [5.74, 6) is 1.78. The molecule has 3 heteroatoms. The molecule has 0 atom stereocenters. The third kappa shape index (κ3) is 2.23. The molecule has 0 N–H and O–H groups in total. The van der Waals surface area contributed by atoms with Crippen molar-refractivity contribution < 1.29 is 0 Å². The summed E-state index contributed by atoms with van der Waals surface area (Å²) in [5.41, 5.74) is 4.66. The Bertz CT molecular complexity index is 722. The molecule has 1 aromatic heterocycles. The van der Waals surface area contributed by atoms with Gasteiger partial charge in [-0.2, -0.15) is 0 Å². The van der Waals surface area contributed by atoms with E-state index in [4.69, 9.17) is 0 Å². The largest absolute Gasteiger partial charge is 0.279 e. The van der Waals surface area contributed by atoms with E-state index >= 15 is 0 Å². The monoisotopic (exact) mass is 263 g/mol. The summed E-state index contributed by atoms with van der Waals surface area (Å²) >= 11 is 0. The highest BCUT2D eigenvalue weighted by atomic mass is 15.3. The van der Waals surface area contributed by atoms with Crippen molar-refractivity contribution in [2.24, 2.45) is 0 Å². The first-order chi connectivity index (χ1) is 9.65. The van der Waals surface area contributed by atoms with E-state index in [-0.39, 0.29) is 0 Å². The fraction of sp³-hybridized carbons (Fsp3) is 0.176. The van der Waals surface area contributed by atoms with Gasteiger partial charge in [-0.1, -0.05) is 35.4 Å². The maximum atomic E-state index is 4.36. The Morgan fingerprint density at radius 3 is 2.10 bits per heavy atom. The van der Waals surface area contributed by atoms with Gasteiger partial charge in [0.1, 0.15) is 5.82 Å². The number of aryl methyl sites for hydroxylation is 3. The predicted molar refractivity (Wildman–Crippen MR) is 81.0 cm³/mol. The molecule has 0 amide bonds. The van der Waals surface area contributed by atoms with Gasteiger partial charge in [-0.15, -0.1) is 10.2 Å². The summed E-state index contributed by atoms with van der Waals surface area (Å²) in [6.07, 6.45) is 0. The molecule has 0 aliphatic rings. The molecule has 100 valence electrons. The average molecular weight is 263 g/mol. The molecule has 0 saturated heterocycles. The van der Waals surface area contributed by atoms with Crippen LogP contribution in [0.4, 0.5) is 0 Å². The van der Waals surface area contributed by atoms with Crippen molar-refractivity contribution >= 4 is 0 Å². The van der Waals surface area contributed by atoms with Crippen LogP contribution in [-0.2, 0) is 0 Å². The SMILES string of the molecule is Cc1cc(C)cc(-c2nnc(C)n2-c2ccccc2)c1. The third-order valence-corrected chi connectivity index (χ3v) is 3.32. The summed E-state index contributed by atoms with van der Waals surface area (Å²) in [5, 5.41) is 8.60. The molecule has 0 aliphatic heterocycles. The minimum absolute atomic E-state index is 0.889. The Hall–Kier alpha value is -2.42. The van der Waals surface area contributed by atoms with E-state index < -0.39 is 0 Å². The molecule has 0 saturated carbocycles. The Balaban J connectivity index is 2.21. The van der Waals surface area contributed by atoms with Crippen LogP contribution in [0.1, 0.15) is 17.0 Å². The second kappa shape index (κ2) is 4.93. The van der Waals surface area contributed by atoms with Crippen LogP contribution in [-0.4, -0.2) is 14.8 Å². The molecule has 0 bridgehead atoms. The lowest BCUT2D eigenvalue weighted by atomic mass is 10.1. The number of hydrogen-bond acceptors (Lipinski definition) is 2. The van der Waals surface area contributed by atoms with Crippen LogP contribution >= 0.6 is 0 Å². The number of hydrogen-bond donors (Lipinski definition) is 0. The van der Waals surface area contributed by atoms with Crippen molar-refractivity contribution in [2.45, 2.75) is 20.8 Å². The van der Waals surface area contributed by atoms with E-state index in [0.717, 1.165) is 22.9 Å². The van der Waals surface area contributed by atoms with Crippen LogP contribution in [0.3, 0.4) is 0 Å². The lowest BCUT2D eigenvalue weighted by molar-refractivity contribution is 0.972. The van der Waals surface area contributed by atoms with Crippen LogP contribution in [0.2, 0.25) is 0 Å². The summed E-state index contributed by atoms with van der Waals surface area (Å²) < 4.78 is 2.09. The van der Waals surface area contributed by atoms with Crippen LogP contribution in [0, 0.1) is 20.8 Å². The van der Waals surface area contributed by atoms with Crippen molar-refractivity contribution in [3.05, 3.63) is 65.5 Å². The third-order valence-electron chi connectivity index (χ3n) is 3.32. The second-order valence-electron chi connectivity index (χ2n) is 5.12. The van der Waals surface area contributed by atoms with Gasteiger partial charge in [0.2, 0.25) is 0 Å². The summed E-state index contributed by atoms with van der Waals surface area (Å²) in [6, 6.07) is 16.7. The summed E-state index contributed by atoms with van der Waals surface area (Å²) in [4.78, 5) is 0. The normalized spacial score (nSPS) is 10.8. The Kier molecular flexibility index (Phi) is 3.11. The maximum absolute atomic E-state index is 4.36. The highest BCUT2D eigenvalue weighted by Crippen LogP contribution is 2.24. The van der Waals surface area contributed by atoms with Gasteiger partial charge in [-0.3, -0.25) is 4.57 Å². The number of nitrogens with zero attached hydrogens (tertiary/aromatic N) is 3. The molecule has 0 radical (unpaired) electrons. The Labute approximate surface area is 118 Å². The molecule has 3 rings (SSSR count). The standard InChI is InChI=1S/C17H17N3/c1-12-9-13(2)11-15(10-12)17-19-18-14(3)20(17)16-7-5-4-6-8-16/h4-11H,1-3H3. The number of para-hydroxylation sites is 1. The Morgan fingerprint density at radius 2 is 1.45 bits per heavy atom. The summed E-state index contributed by atoms with van der Waals surface area (Å²) in [6.45, 7) is 6.19. The van der Waals surface area contributed by atoms with Crippen molar-refractivity contribution in [3.63, 3.8) is 0 Å². The minimum atomic E-state index is 0.889. The van der Waals surface area contributed by atoms with Gasteiger partial charge >= 0.3 is 0 Å². The number of benzene rings is 2. The van der Waals surface area contributed by atoms with Gasteiger partial charge in [0.15, 0.2) is 5.82 Å². The van der Waals surface area contributed by atoms with Gasteiger partial charge in [0, 0.05) is 11.3 Å². The van der Waals surface area contributed by atoms with Crippen molar-refractivity contribution in [3.8, 4) is 17.1 Å². The van der Waals surface area contributed by atoms with E-state index in [1.54, 1.807) is 0 Å². The minimum Gasteiger partial charge on any atom is -0.279 e. The van der Waals surface area contributed by atoms with E-state index in [0.29, 0.717) is 0 Å². The molecule has 0 spiro atoms.